The minimum atomic E-state index is 0. The Bertz CT molecular complexity index is 695. The van der Waals surface area contributed by atoms with Crippen LogP contribution in [0.25, 0.3) is 11.0 Å². The van der Waals surface area contributed by atoms with Crippen molar-refractivity contribution in [1.82, 2.24) is 14.5 Å². The number of likely N-dealkylation sites (N-methyl/N-ethyl adjacent to an activating group) is 1. The number of aromatic nitrogens is 2. The maximum Gasteiger partial charge on any atom is 0.109 e. The number of imidazole rings is 1. The number of halogens is 1. The summed E-state index contributed by atoms with van der Waals surface area (Å²) in [6.07, 6.45) is 22.4. The second kappa shape index (κ2) is 18.4. The molecule has 0 atom stereocenters. The van der Waals surface area contributed by atoms with Crippen LogP contribution in [0, 0.1) is 0 Å². The van der Waals surface area contributed by atoms with Crippen LogP contribution in [0.1, 0.15) is 109 Å². The standard InChI is InChI=1S/C28H49N3.ClH/c1-4-5-6-7-8-9-10-11-12-13-14-15-16-17-18-23-28-29-26-21-19-20-22-27(26)31(28)25-24-30(2)3;/h19-22H,4-18,23-25H2,1-3H3;1H. The van der Waals surface area contributed by atoms with E-state index in [0.29, 0.717) is 0 Å². The number of unbranched alkanes of at least 4 members (excludes halogenated alkanes) is 14. The summed E-state index contributed by atoms with van der Waals surface area (Å²) in [5.41, 5.74) is 2.44. The summed E-state index contributed by atoms with van der Waals surface area (Å²) in [4.78, 5) is 7.19. The first kappa shape index (κ1) is 29.0. The molecule has 2 rings (SSSR count). The molecule has 32 heavy (non-hydrogen) atoms. The van der Waals surface area contributed by atoms with Gasteiger partial charge in [-0.1, -0.05) is 109 Å². The second-order valence-corrected chi connectivity index (χ2v) is 9.67. The quantitative estimate of drug-likeness (QED) is 0.195. The van der Waals surface area contributed by atoms with E-state index in [4.69, 9.17) is 4.98 Å². The van der Waals surface area contributed by atoms with Gasteiger partial charge in [-0.2, -0.15) is 0 Å². The van der Waals surface area contributed by atoms with Crippen molar-refractivity contribution in [3.05, 3.63) is 30.1 Å². The zero-order valence-corrected chi connectivity index (χ0v) is 22.1. The van der Waals surface area contributed by atoms with Crippen LogP contribution < -0.4 is 0 Å². The van der Waals surface area contributed by atoms with Crippen LogP contribution in [0.15, 0.2) is 24.3 Å². The molecule has 0 aliphatic carbocycles. The summed E-state index contributed by atoms with van der Waals surface area (Å²) in [6, 6.07) is 8.60. The lowest BCUT2D eigenvalue weighted by Gasteiger charge is -2.13. The summed E-state index contributed by atoms with van der Waals surface area (Å²) in [7, 11) is 4.29. The lowest BCUT2D eigenvalue weighted by molar-refractivity contribution is 0.383. The van der Waals surface area contributed by atoms with Gasteiger partial charge in [-0.25, -0.2) is 4.98 Å². The minimum absolute atomic E-state index is 0. The molecule has 0 spiro atoms. The molecule has 0 aliphatic heterocycles. The Labute approximate surface area is 204 Å². The zero-order chi connectivity index (χ0) is 22.2. The molecule has 1 aromatic carbocycles. The topological polar surface area (TPSA) is 21.1 Å². The summed E-state index contributed by atoms with van der Waals surface area (Å²) >= 11 is 0. The lowest BCUT2D eigenvalue weighted by Crippen LogP contribution is -2.19. The van der Waals surface area contributed by atoms with Crippen molar-refractivity contribution in [2.45, 2.75) is 116 Å². The molecule has 0 fully saturated rings. The van der Waals surface area contributed by atoms with Crippen molar-refractivity contribution in [3.8, 4) is 0 Å². The van der Waals surface area contributed by atoms with Crippen LogP contribution in [0.5, 0.6) is 0 Å². The van der Waals surface area contributed by atoms with Gasteiger partial charge >= 0.3 is 0 Å². The molecule has 0 amide bonds. The molecule has 0 aliphatic rings. The van der Waals surface area contributed by atoms with Crippen LogP contribution in [-0.4, -0.2) is 35.1 Å². The van der Waals surface area contributed by atoms with E-state index in [1.54, 1.807) is 0 Å². The molecule has 4 heteroatoms. The van der Waals surface area contributed by atoms with Crippen molar-refractivity contribution in [3.63, 3.8) is 0 Å². The van der Waals surface area contributed by atoms with Crippen LogP contribution >= 0.6 is 12.4 Å². The number of benzene rings is 1. The van der Waals surface area contributed by atoms with Crippen LogP contribution in [-0.2, 0) is 13.0 Å². The first-order chi connectivity index (χ1) is 15.2. The summed E-state index contributed by atoms with van der Waals surface area (Å²) in [5, 5.41) is 0. The Morgan fingerprint density at radius 2 is 1.22 bits per heavy atom. The molecule has 3 nitrogen and oxygen atoms in total. The molecule has 0 bridgehead atoms. The molecule has 0 saturated heterocycles. The van der Waals surface area contributed by atoms with E-state index in [1.807, 2.05) is 0 Å². The highest BCUT2D eigenvalue weighted by Gasteiger charge is 2.10. The number of hydrogen-bond acceptors (Lipinski definition) is 2. The molecular formula is C28H50ClN3. The predicted octanol–water partition coefficient (Wildman–Crippen LogP) is 8.43. The van der Waals surface area contributed by atoms with E-state index >= 15 is 0 Å². The highest BCUT2D eigenvalue weighted by molar-refractivity contribution is 5.85. The van der Waals surface area contributed by atoms with Crippen molar-refractivity contribution in [1.29, 1.82) is 0 Å². The van der Waals surface area contributed by atoms with E-state index in [0.717, 1.165) is 25.0 Å². The number of nitrogens with zero attached hydrogens (tertiary/aromatic N) is 3. The zero-order valence-electron chi connectivity index (χ0n) is 21.3. The van der Waals surface area contributed by atoms with Gasteiger partial charge in [0.25, 0.3) is 0 Å². The van der Waals surface area contributed by atoms with Gasteiger partial charge in [0.1, 0.15) is 5.82 Å². The van der Waals surface area contributed by atoms with Gasteiger partial charge in [0.05, 0.1) is 11.0 Å². The summed E-state index contributed by atoms with van der Waals surface area (Å²) in [5.74, 6) is 1.28. The van der Waals surface area contributed by atoms with Gasteiger partial charge in [0.15, 0.2) is 0 Å². The molecule has 0 saturated carbocycles. The fourth-order valence-corrected chi connectivity index (χ4v) is 4.52. The summed E-state index contributed by atoms with van der Waals surface area (Å²) < 4.78 is 2.44. The maximum absolute atomic E-state index is 4.94. The maximum atomic E-state index is 4.94. The first-order valence-corrected chi connectivity index (χ1v) is 13.3. The Morgan fingerprint density at radius 3 is 1.75 bits per heavy atom. The van der Waals surface area contributed by atoms with Crippen LogP contribution in [0.3, 0.4) is 0 Å². The Kier molecular flexibility index (Phi) is 16.6. The summed E-state index contributed by atoms with van der Waals surface area (Å²) in [6.45, 7) is 4.39. The van der Waals surface area contributed by atoms with Gasteiger partial charge in [0, 0.05) is 19.5 Å². The number of rotatable bonds is 19. The number of fused-ring (bicyclic) bond motifs is 1. The molecule has 0 radical (unpaired) electrons. The van der Waals surface area contributed by atoms with Crippen molar-refractivity contribution >= 4 is 23.4 Å². The van der Waals surface area contributed by atoms with Crippen LogP contribution in [0.2, 0.25) is 0 Å². The molecule has 1 heterocycles. The number of para-hydroxylation sites is 2. The first-order valence-electron chi connectivity index (χ1n) is 13.3. The Balaban J connectivity index is 0.00000512. The third-order valence-corrected chi connectivity index (χ3v) is 6.51. The fraction of sp³-hybridized carbons (Fsp3) is 0.750. The van der Waals surface area contributed by atoms with Gasteiger partial charge < -0.3 is 9.47 Å². The monoisotopic (exact) mass is 463 g/mol. The molecule has 0 N–H and O–H groups in total. The minimum Gasteiger partial charge on any atom is -0.327 e. The van der Waals surface area contributed by atoms with E-state index in [9.17, 15) is 0 Å². The lowest BCUT2D eigenvalue weighted by atomic mass is 10.0. The number of hydrogen-bond donors (Lipinski definition) is 0. The predicted molar refractivity (Wildman–Crippen MR) is 144 cm³/mol. The second-order valence-electron chi connectivity index (χ2n) is 9.67. The van der Waals surface area contributed by atoms with E-state index in [1.165, 1.54) is 108 Å². The van der Waals surface area contributed by atoms with Crippen molar-refractivity contribution < 1.29 is 0 Å². The third-order valence-electron chi connectivity index (χ3n) is 6.51. The Morgan fingerprint density at radius 1 is 0.719 bits per heavy atom. The smallest absolute Gasteiger partial charge is 0.109 e. The van der Waals surface area contributed by atoms with Crippen molar-refractivity contribution in [2.75, 3.05) is 20.6 Å². The van der Waals surface area contributed by atoms with Gasteiger partial charge in [0.2, 0.25) is 0 Å². The van der Waals surface area contributed by atoms with Crippen molar-refractivity contribution in [2.24, 2.45) is 0 Å². The van der Waals surface area contributed by atoms with Gasteiger partial charge in [-0.05, 0) is 32.6 Å². The average molecular weight is 464 g/mol. The molecular weight excluding hydrogens is 414 g/mol. The molecule has 1 aromatic heterocycles. The fourth-order valence-electron chi connectivity index (χ4n) is 4.52. The third kappa shape index (κ3) is 11.7. The SMILES string of the molecule is CCCCCCCCCCCCCCCCCc1nc2ccccc2n1CCN(C)C.Cl. The van der Waals surface area contributed by atoms with E-state index < -0.39 is 0 Å². The van der Waals surface area contributed by atoms with Gasteiger partial charge in [-0.3, -0.25) is 0 Å². The average Bonchev–Trinajstić information content (AvgIpc) is 3.12. The highest BCUT2D eigenvalue weighted by Crippen LogP contribution is 2.19. The van der Waals surface area contributed by atoms with E-state index in [2.05, 4.69) is 54.8 Å². The molecule has 2 aromatic rings. The highest BCUT2D eigenvalue weighted by atomic mass is 35.5. The molecule has 0 unspecified atom stereocenters. The van der Waals surface area contributed by atoms with Crippen LogP contribution in [0.4, 0.5) is 0 Å². The van der Waals surface area contributed by atoms with Gasteiger partial charge in [-0.15, -0.1) is 12.4 Å². The Hall–Kier alpha value is -1.06. The largest absolute Gasteiger partial charge is 0.327 e. The normalized spacial score (nSPS) is 11.4. The van der Waals surface area contributed by atoms with E-state index in [-0.39, 0.29) is 12.4 Å². The number of aryl methyl sites for hydroxylation is 1. The molecule has 184 valence electrons.